The van der Waals surface area contributed by atoms with Gasteiger partial charge in [-0.15, -0.1) is 0 Å². The number of rotatable bonds is 2. The number of aliphatic carboxylic acids is 1. The van der Waals surface area contributed by atoms with E-state index in [4.69, 9.17) is 5.11 Å². The number of H-pyrrole nitrogens is 1. The average molecular weight is 250 g/mol. The number of carbonyl (C=O) groups excluding carboxylic acids is 1. The van der Waals surface area contributed by atoms with Crippen molar-refractivity contribution < 1.29 is 14.7 Å². The Morgan fingerprint density at radius 1 is 1.28 bits per heavy atom. The molecule has 2 N–H and O–H groups in total. The minimum Gasteiger partial charge on any atom is -0.481 e. The molecule has 1 saturated heterocycles. The number of piperidine rings is 1. The van der Waals surface area contributed by atoms with Crippen LogP contribution in [0, 0.1) is 5.92 Å². The highest BCUT2D eigenvalue weighted by Gasteiger charge is 2.27. The average Bonchev–Trinajstić information content (AvgIpc) is 2.39. The van der Waals surface area contributed by atoms with E-state index in [0.29, 0.717) is 31.5 Å². The number of aromatic nitrogens is 1. The van der Waals surface area contributed by atoms with Gasteiger partial charge in [0.1, 0.15) is 0 Å². The Kier molecular flexibility index (Phi) is 3.45. The molecule has 18 heavy (non-hydrogen) atoms. The number of hydrogen-bond donors (Lipinski definition) is 2. The van der Waals surface area contributed by atoms with Crippen LogP contribution in [0.2, 0.25) is 0 Å². The number of amides is 1. The van der Waals surface area contributed by atoms with Crippen LogP contribution < -0.4 is 5.56 Å². The molecule has 6 nitrogen and oxygen atoms in total. The van der Waals surface area contributed by atoms with E-state index < -0.39 is 5.97 Å². The van der Waals surface area contributed by atoms with Crippen molar-refractivity contribution in [3.8, 4) is 0 Å². The highest BCUT2D eigenvalue weighted by atomic mass is 16.4. The summed E-state index contributed by atoms with van der Waals surface area (Å²) >= 11 is 0. The van der Waals surface area contributed by atoms with Gasteiger partial charge < -0.3 is 15.0 Å². The van der Waals surface area contributed by atoms with Crippen LogP contribution in [0.1, 0.15) is 23.2 Å². The zero-order chi connectivity index (χ0) is 13.1. The molecule has 1 aliphatic rings. The number of aromatic amines is 1. The van der Waals surface area contributed by atoms with Crippen molar-refractivity contribution in [2.75, 3.05) is 13.1 Å². The van der Waals surface area contributed by atoms with Crippen molar-refractivity contribution in [3.05, 3.63) is 34.2 Å². The van der Waals surface area contributed by atoms with Gasteiger partial charge in [0.15, 0.2) is 0 Å². The fraction of sp³-hybridized carbons (Fsp3) is 0.417. The van der Waals surface area contributed by atoms with E-state index in [-0.39, 0.29) is 17.4 Å². The molecule has 0 spiro atoms. The number of hydrogen-bond acceptors (Lipinski definition) is 3. The molecule has 0 aromatic carbocycles. The van der Waals surface area contributed by atoms with Crippen molar-refractivity contribution in [1.82, 2.24) is 9.88 Å². The van der Waals surface area contributed by atoms with Crippen LogP contribution >= 0.6 is 0 Å². The lowest BCUT2D eigenvalue weighted by Crippen LogP contribution is -2.40. The normalized spacial score (nSPS) is 16.6. The molecule has 1 aromatic rings. The highest BCUT2D eigenvalue weighted by Crippen LogP contribution is 2.18. The molecule has 0 unspecified atom stereocenters. The monoisotopic (exact) mass is 250 g/mol. The lowest BCUT2D eigenvalue weighted by molar-refractivity contribution is -0.143. The number of carbonyl (C=O) groups is 2. The molecular formula is C12H14N2O4. The molecule has 2 heterocycles. The molecule has 6 heteroatoms. The van der Waals surface area contributed by atoms with E-state index in [1.165, 1.54) is 18.3 Å². The fourth-order valence-electron chi connectivity index (χ4n) is 2.06. The third-order valence-electron chi connectivity index (χ3n) is 3.16. The SMILES string of the molecule is O=C(O)C1CCN(C(=O)c2ccc(=O)[nH]c2)CC1. The summed E-state index contributed by atoms with van der Waals surface area (Å²) in [5.41, 5.74) is 0.166. The first-order valence-corrected chi connectivity index (χ1v) is 5.79. The number of likely N-dealkylation sites (tertiary alicyclic amines) is 1. The highest BCUT2D eigenvalue weighted by molar-refractivity contribution is 5.94. The lowest BCUT2D eigenvalue weighted by atomic mass is 9.97. The van der Waals surface area contributed by atoms with Crippen molar-refractivity contribution in [3.63, 3.8) is 0 Å². The molecule has 1 fully saturated rings. The maximum atomic E-state index is 12.0. The molecule has 1 aromatic heterocycles. The van der Waals surface area contributed by atoms with Gasteiger partial charge in [-0.25, -0.2) is 0 Å². The molecule has 2 rings (SSSR count). The van der Waals surface area contributed by atoms with Gasteiger partial charge in [0.2, 0.25) is 5.56 Å². The third-order valence-corrected chi connectivity index (χ3v) is 3.16. The van der Waals surface area contributed by atoms with E-state index >= 15 is 0 Å². The predicted octanol–water partition coefficient (Wildman–Crippen LogP) is 0.312. The predicted molar refractivity (Wildman–Crippen MR) is 63.3 cm³/mol. The Labute approximate surface area is 103 Å². The van der Waals surface area contributed by atoms with E-state index in [2.05, 4.69) is 4.98 Å². The van der Waals surface area contributed by atoms with Crippen molar-refractivity contribution in [2.24, 2.45) is 5.92 Å². The van der Waals surface area contributed by atoms with Crippen LogP contribution in [-0.2, 0) is 4.79 Å². The van der Waals surface area contributed by atoms with Crippen LogP contribution in [0.3, 0.4) is 0 Å². The van der Waals surface area contributed by atoms with Gasteiger partial charge in [0.05, 0.1) is 11.5 Å². The standard InChI is InChI=1S/C12H14N2O4/c15-10-2-1-9(7-13-10)11(16)14-5-3-8(4-6-14)12(17)18/h1-2,7-8H,3-6H2,(H,13,15)(H,17,18). The summed E-state index contributed by atoms with van der Waals surface area (Å²) in [6, 6.07) is 2.78. The molecule has 0 saturated carbocycles. The lowest BCUT2D eigenvalue weighted by Gasteiger charge is -2.30. The van der Waals surface area contributed by atoms with E-state index in [1.807, 2.05) is 0 Å². The van der Waals surface area contributed by atoms with Crippen molar-refractivity contribution in [2.45, 2.75) is 12.8 Å². The van der Waals surface area contributed by atoms with Gasteiger partial charge in [-0.1, -0.05) is 0 Å². The van der Waals surface area contributed by atoms with E-state index in [0.717, 1.165) is 0 Å². The first-order valence-electron chi connectivity index (χ1n) is 5.79. The molecular weight excluding hydrogens is 236 g/mol. The minimum absolute atomic E-state index is 0.171. The molecule has 0 atom stereocenters. The summed E-state index contributed by atoms with van der Waals surface area (Å²) < 4.78 is 0. The first kappa shape index (κ1) is 12.3. The quantitative estimate of drug-likeness (QED) is 0.790. The molecule has 0 aliphatic carbocycles. The second-order valence-electron chi connectivity index (χ2n) is 4.35. The second-order valence-corrected chi connectivity index (χ2v) is 4.35. The molecule has 0 radical (unpaired) electrons. The summed E-state index contributed by atoms with van der Waals surface area (Å²) in [7, 11) is 0. The topological polar surface area (TPSA) is 90.5 Å². The molecule has 1 aliphatic heterocycles. The Balaban J connectivity index is 2.01. The fourth-order valence-corrected chi connectivity index (χ4v) is 2.06. The molecule has 96 valence electrons. The van der Waals surface area contributed by atoms with Crippen LogP contribution in [0.5, 0.6) is 0 Å². The van der Waals surface area contributed by atoms with Crippen LogP contribution in [0.15, 0.2) is 23.1 Å². The summed E-state index contributed by atoms with van der Waals surface area (Å²) in [5, 5.41) is 8.87. The van der Waals surface area contributed by atoms with Gasteiger partial charge in [-0.3, -0.25) is 14.4 Å². The largest absolute Gasteiger partial charge is 0.481 e. The van der Waals surface area contributed by atoms with Gasteiger partial charge in [0.25, 0.3) is 5.91 Å². The second kappa shape index (κ2) is 5.03. The number of nitrogens with one attached hydrogen (secondary N) is 1. The minimum atomic E-state index is -0.800. The number of pyridine rings is 1. The van der Waals surface area contributed by atoms with Crippen LogP contribution in [0.25, 0.3) is 0 Å². The Morgan fingerprint density at radius 2 is 1.94 bits per heavy atom. The molecule has 0 bridgehead atoms. The molecule has 1 amide bonds. The number of nitrogens with zero attached hydrogens (tertiary/aromatic N) is 1. The summed E-state index contributed by atoms with van der Waals surface area (Å²) in [4.78, 5) is 37.8. The maximum Gasteiger partial charge on any atom is 0.306 e. The van der Waals surface area contributed by atoms with Gasteiger partial charge in [-0.05, 0) is 18.9 Å². The van der Waals surface area contributed by atoms with Gasteiger partial charge >= 0.3 is 5.97 Å². The number of carboxylic acids is 1. The zero-order valence-electron chi connectivity index (χ0n) is 9.76. The van der Waals surface area contributed by atoms with Crippen LogP contribution in [0.4, 0.5) is 0 Å². The first-order chi connectivity index (χ1) is 8.58. The third kappa shape index (κ3) is 2.58. The van der Waals surface area contributed by atoms with Crippen LogP contribution in [-0.4, -0.2) is 40.0 Å². The summed E-state index contributed by atoms with van der Waals surface area (Å²) in [6.07, 6.45) is 2.34. The summed E-state index contributed by atoms with van der Waals surface area (Å²) in [5.74, 6) is -1.33. The van der Waals surface area contributed by atoms with E-state index in [1.54, 1.807) is 4.90 Å². The van der Waals surface area contributed by atoms with Crippen molar-refractivity contribution >= 4 is 11.9 Å². The van der Waals surface area contributed by atoms with E-state index in [9.17, 15) is 14.4 Å². The number of carboxylic acid groups (broad SMARTS) is 1. The Hall–Kier alpha value is -2.11. The maximum absolute atomic E-state index is 12.0. The summed E-state index contributed by atoms with van der Waals surface area (Å²) in [6.45, 7) is 0.879. The van der Waals surface area contributed by atoms with Gasteiger partial charge in [0, 0.05) is 25.4 Å². The zero-order valence-corrected chi connectivity index (χ0v) is 9.76. The van der Waals surface area contributed by atoms with Crippen molar-refractivity contribution in [1.29, 1.82) is 0 Å². The Bertz CT molecular complexity index is 495. The smallest absolute Gasteiger partial charge is 0.306 e. The van der Waals surface area contributed by atoms with Gasteiger partial charge in [-0.2, -0.15) is 0 Å². The Morgan fingerprint density at radius 3 is 2.44 bits per heavy atom.